The van der Waals surface area contributed by atoms with Crippen molar-refractivity contribution >= 4 is 28.7 Å². The van der Waals surface area contributed by atoms with Gasteiger partial charge in [0.25, 0.3) is 11.5 Å². The number of aryl methyl sites for hydroxylation is 1. The zero-order chi connectivity index (χ0) is 25.6. The summed E-state index contributed by atoms with van der Waals surface area (Å²) in [6.45, 7) is 1.85. The first-order valence-corrected chi connectivity index (χ1v) is 11.8. The van der Waals surface area contributed by atoms with E-state index in [1.807, 2.05) is 79.7 Å². The molecule has 0 aliphatic carbocycles. The molecule has 0 unspecified atom stereocenters. The number of carbonyl (C=O) groups is 1. The van der Waals surface area contributed by atoms with Crippen LogP contribution in [0.15, 0.2) is 113 Å². The van der Waals surface area contributed by atoms with Gasteiger partial charge in [0, 0.05) is 11.3 Å². The quantitative estimate of drug-likeness (QED) is 0.316. The van der Waals surface area contributed by atoms with Gasteiger partial charge in [-0.15, -0.1) is 0 Å². The number of para-hydroxylation sites is 1. The molecular formula is C30H24N4O3. The van der Waals surface area contributed by atoms with Gasteiger partial charge in [-0.3, -0.25) is 9.59 Å². The lowest BCUT2D eigenvalue weighted by Gasteiger charge is -2.10. The van der Waals surface area contributed by atoms with Crippen molar-refractivity contribution in [2.75, 3.05) is 11.9 Å². The lowest BCUT2D eigenvalue weighted by atomic mass is 10.2. The second-order valence-corrected chi connectivity index (χ2v) is 8.46. The number of anilines is 1. The molecule has 7 nitrogen and oxygen atoms in total. The second-order valence-electron chi connectivity index (χ2n) is 8.46. The largest absolute Gasteiger partial charge is 0.484 e. The van der Waals surface area contributed by atoms with E-state index in [2.05, 4.69) is 10.4 Å². The summed E-state index contributed by atoms with van der Waals surface area (Å²) in [4.78, 5) is 30.3. The average molecular weight is 489 g/mol. The fraction of sp³-hybridized carbons (Fsp3) is 0.0667. The van der Waals surface area contributed by atoms with Crippen LogP contribution in [0, 0.1) is 6.92 Å². The third-order valence-corrected chi connectivity index (χ3v) is 5.67. The summed E-state index contributed by atoms with van der Waals surface area (Å²) < 4.78 is 6.98. The van der Waals surface area contributed by atoms with Gasteiger partial charge in [0.2, 0.25) is 0 Å². The molecule has 0 spiro atoms. The van der Waals surface area contributed by atoms with Crippen molar-refractivity contribution in [2.24, 2.45) is 5.10 Å². The third-order valence-electron chi connectivity index (χ3n) is 5.67. The van der Waals surface area contributed by atoms with Gasteiger partial charge in [-0.25, -0.2) is 4.98 Å². The highest BCUT2D eigenvalue weighted by atomic mass is 16.5. The molecule has 1 amide bonds. The van der Waals surface area contributed by atoms with Crippen LogP contribution >= 0.6 is 0 Å². The van der Waals surface area contributed by atoms with Gasteiger partial charge in [-0.1, -0.05) is 72.3 Å². The Balaban J connectivity index is 1.37. The zero-order valence-corrected chi connectivity index (χ0v) is 20.2. The van der Waals surface area contributed by atoms with E-state index in [0.29, 0.717) is 33.7 Å². The molecule has 182 valence electrons. The summed E-state index contributed by atoms with van der Waals surface area (Å²) >= 11 is 0. The molecule has 0 aliphatic heterocycles. The number of benzene rings is 4. The topological polar surface area (TPSA) is 85.6 Å². The van der Waals surface area contributed by atoms with Gasteiger partial charge in [0.15, 0.2) is 12.4 Å². The number of amides is 1. The third kappa shape index (κ3) is 5.62. The van der Waals surface area contributed by atoms with Crippen molar-refractivity contribution in [1.82, 2.24) is 9.66 Å². The molecule has 1 aromatic heterocycles. The highest BCUT2D eigenvalue weighted by Gasteiger charge is 2.12. The van der Waals surface area contributed by atoms with E-state index in [9.17, 15) is 9.59 Å². The second kappa shape index (κ2) is 10.7. The first kappa shape index (κ1) is 23.7. The average Bonchev–Trinajstić information content (AvgIpc) is 2.93. The Morgan fingerprint density at radius 3 is 2.51 bits per heavy atom. The summed E-state index contributed by atoms with van der Waals surface area (Å²) in [6.07, 6.45) is 1.57. The Kier molecular flexibility index (Phi) is 6.85. The van der Waals surface area contributed by atoms with Crippen LogP contribution < -0.4 is 15.6 Å². The number of aromatic nitrogens is 2. The van der Waals surface area contributed by atoms with E-state index in [-0.39, 0.29) is 18.1 Å². The summed E-state index contributed by atoms with van der Waals surface area (Å²) in [5, 5.41) is 7.77. The lowest BCUT2D eigenvalue weighted by Crippen LogP contribution is -2.20. The Morgan fingerprint density at radius 2 is 1.70 bits per heavy atom. The predicted molar refractivity (Wildman–Crippen MR) is 146 cm³/mol. The van der Waals surface area contributed by atoms with Crippen LogP contribution in [-0.4, -0.2) is 28.4 Å². The standard InChI is InChI=1S/C30H24N4O3/c1-21-14-16-24(17-15-21)32-28(35)20-37-25-11-7-8-22(18-25)19-31-34-29(23-9-3-2-4-10-23)33-27-13-6-5-12-26(27)30(34)36/h2-19H,20H2,1H3,(H,32,35). The van der Waals surface area contributed by atoms with Crippen molar-refractivity contribution in [1.29, 1.82) is 0 Å². The van der Waals surface area contributed by atoms with E-state index < -0.39 is 0 Å². The molecule has 37 heavy (non-hydrogen) atoms. The zero-order valence-electron chi connectivity index (χ0n) is 20.2. The summed E-state index contributed by atoms with van der Waals surface area (Å²) in [5.74, 6) is 0.695. The number of hydrogen-bond acceptors (Lipinski definition) is 5. The van der Waals surface area contributed by atoms with Crippen LogP contribution in [0.25, 0.3) is 22.3 Å². The molecule has 0 saturated heterocycles. The molecule has 0 fully saturated rings. The predicted octanol–water partition coefficient (Wildman–Crippen LogP) is 5.27. The summed E-state index contributed by atoms with van der Waals surface area (Å²) in [6, 6.07) is 31.4. The highest BCUT2D eigenvalue weighted by molar-refractivity contribution is 5.92. The number of nitrogens with one attached hydrogen (secondary N) is 1. The van der Waals surface area contributed by atoms with E-state index in [1.54, 1.807) is 36.5 Å². The minimum atomic E-state index is -0.263. The first-order chi connectivity index (χ1) is 18.1. The minimum Gasteiger partial charge on any atom is -0.484 e. The lowest BCUT2D eigenvalue weighted by molar-refractivity contribution is -0.118. The van der Waals surface area contributed by atoms with E-state index in [1.165, 1.54) is 4.68 Å². The van der Waals surface area contributed by atoms with Crippen molar-refractivity contribution in [2.45, 2.75) is 6.92 Å². The fourth-order valence-electron chi connectivity index (χ4n) is 3.80. The molecule has 1 heterocycles. The molecule has 0 atom stereocenters. The van der Waals surface area contributed by atoms with Crippen LogP contribution in [0.2, 0.25) is 0 Å². The molecule has 4 aromatic carbocycles. The fourth-order valence-corrected chi connectivity index (χ4v) is 3.80. The van der Waals surface area contributed by atoms with Gasteiger partial charge in [0.05, 0.1) is 17.1 Å². The van der Waals surface area contributed by atoms with Gasteiger partial charge >= 0.3 is 0 Å². The van der Waals surface area contributed by atoms with Crippen LogP contribution in [0.3, 0.4) is 0 Å². The molecule has 0 saturated carbocycles. The Labute approximate surface area is 213 Å². The SMILES string of the molecule is Cc1ccc(NC(=O)COc2cccc(C=Nn3c(-c4ccccc4)nc4ccccc4c3=O)c2)cc1. The molecule has 7 heteroatoms. The van der Waals surface area contributed by atoms with E-state index >= 15 is 0 Å². The van der Waals surface area contributed by atoms with Gasteiger partial charge < -0.3 is 10.1 Å². The van der Waals surface area contributed by atoms with E-state index in [4.69, 9.17) is 9.72 Å². The molecular weight excluding hydrogens is 464 g/mol. The summed E-state index contributed by atoms with van der Waals surface area (Å²) in [7, 11) is 0. The first-order valence-electron chi connectivity index (χ1n) is 11.8. The van der Waals surface area contributed by atoms with E-state index in [0.717, 1.165) is 11.1 Å². The van der Waals surface area contributed by atoms with Gasteiger partial charge in [-0.05, 0) is 48.9 Å². The smallest absolute Gasteiger partial charge is 0.282 e. The van der Waals surface area contributed by atoms with Gasteiger partial charge in [0.1, 0.15) is 5.75 Å². The normalized spacial score (nSPS) is 11.1. The number of hydrogen-bond donors (Lipinski definition) is 1. The molecule has 1 N–H and O–H groups in total. The van der Waals surface area contributed by atoms with Crippen molar-refractivity contribution in [3.05, 3.63) is 125 Å². The molecule has 5 aromatic rings. The molecule has 0 aliphatic rings. The van der Waals surface area contributed by atoms with Crippen LogP contribution in [0.1, 0.15) is 11.1 Å². The summed E-state index contributed by atoms with van der Waals surface area (Å²) in [5.41, 5.74) is 3.65. The maximum Gasteiger partial charge on any atom is 0.282 e. The number of fused-ring (bicyclic) bond motifs is 1. The molecule has 0 radical (unpaired) electrons. The van der Waals surface area contributed by atoms with Crippen LogP contribution in [-0.2, 0) is 4.79 Å². The Morgan fingerprint density at radius 1 is 0.946 bits per heavy atom. The van der Waals surface area contributed by atoms with Crippen molar-refractivity contribution in [3.8, 4) is 17.1 Å². The highest BCUT2D eigenvalue weighted by Crippen LogP contribution is 2.19. The molecule has 5 rings (SSSR count). The molecule has 0 bridgehead atoms. The Bertz CT molecular complexity index is 1640. The number of ether oxygens (including phenoxy) is 1. The minimum absolute atomic E-state index is 0.138. The number of rotatable bonds is 7. The Hall–Kier alpha value is -5.04. The van der Waals surface area contributed by atoms with Crippen molar-refractivity contribution in [3.63, 3.8) is 0 Å². The maximum atomic E-state index is 13.3. The van der Waals surface area contributed by atoms with Crippen LogP contribution in [0.5, 0.6) is 5.75 Å². The van der Waals surface area contributed by atoms with Gasteiger partial charge in [-0.2, -0.15) is 9.78 Å². The van der Waals surface area contributed by atoms with Crippen LogP contribution in [0.4, 0.5) is 5.69 Å². The monoisotopic (exact) mass is 488 g/mol. The number of nitrogens with zero attached hydrogens (tertiary/aromatic N) is 3. The van der Waals surface area contributed by atoms with Crippen molar-refractivity contribution < 1.29 is 9.53 Å². The maximum absolute atomic E-state index is 13.3. The number of carbonyl (C=O) groups excluding carboxylic acids is 1.